The maximum absolute atomic E-state index is 13.3. The Morgan fingerprint density at radius 3 is 2.38 bits per heavy atom. The van der Waals surface area contributed by atoms with Crippen molar-refractivity contribution >= 4 is 17.6 Å². The molecule has 5 rings (SSSR count). The van der Waals surface area contributed by atoms with E-state index in [2.05, 4.69) is 11.5 Å². The van der Waals surface area contributed by atoms with Gasteiger partial charge in [0.1, 0.15) is 6.04 Å². The molecule has 1 amide bonds. The Morgan fingerprint density at radius 1 is 0.973 bits per heavy atom. The number of benzene rings is 3. The van der Waals surface area contributed by atoms with Gasteiger partial charge in [0.15, 0.2) is 0 Å². The number of hydrazone groups is 1. The largest absolute Gasteiger partial charge is 0.481 e. The molecule has 4 aromatic rings. The molecule has 0 aliphatic carbocycles. The predicted octanol–water partition coefficient (Wildman–Crippen LogP) is 5.08. The zero-order valence-electron chi connectivity index (χ0n) is 20.7. The lowest BCUT2D eigenvalue weighted by molar-refractivity contribution is -0.506. The molecule has 7 nitrogen and oxygen atoms in total. The van der Waals surface area contributed by atoms with Gasteiger partial charge >= 0.3 is 11.9 Å². The van der Waals surface area contributed by atoms with Gasteiger partial charge in [0.25, 0.3) is 0 Å². The van der Waals surface area contributed by atoms with Crippen molar-refractivity contribution in [2.24, 2.45) is 0 Å². The van der Waals surface area contributed by atoms with E-state index >= 15 is 0 Å². The molecule has 0 saturated carbocycles. The fourth-order valence-corrected chi connectivity index (χ4v) is 4.72. The van der Waals surface area contributed by atoms with Crippen LogP contribution in [0.5, 0.6) is 0 Å². The first kappa shape index (κ1) is 24.2. The Labute approximate surface area is 215 Å². The molecule has 1 unspecified atom stereocenters. The lowest BCUT2D eigenvalue weighted by atomic mass is 9.96. The summed E-state index contributed by atoms with van der Waals surface area (Å²) in [4.78, 5) is 24.3. The molecule has 3 aromatic carbocycles. The van der Waals surface area contributed by atoms with Crippen molar-refractivity contribution in [3.8, 4) is 16.9 Å². The van der Waals surface area contributed by atoms with Gasteiger partial charge in [0.05, 0.1) is 24.2 Å². The van der Waals surface area contributed by atoms with E-state index in [1.54, 1.807) is 4.68 Å². The first-order chi connectivity index (χ1) is 18.0. The van der Waals surface area contributed by atoms with Gasteiger partial charge in [-0.1, -0.05) is 66.2 Å². The molecule has 0 spiro atoms. The van der Waals surface area contributed by atoms with Crippen LogP contribution in [0.15, 0.2) is 91.1 Å². The number of rotatable bonds is 8. The summed E-state index contributed by atoms with van der Waals surface area (Å²) in [6, 6.07) is 27.9. The van der Waals surface area contributed by atoms with E-state index in [9.17, 15) is 9.59 Å². The average Bonchev–Trinajstić information content (AvgIpc) is 3.55. The van der Waals surface area contributed by atoms with Crippen molar-refractivity contribution in [1.82, 2.24) is 15.2 Å². The van der Waals surface area contributed by atoms with Crippen LogP contribution in [-0.2, 0) is 9.59 Å². The summed E-state index contributed by atoms with van der Waals surface area (Å²) >= 11 is 0. The van der Waals surface area contributed by atoms with Crippen molar-refractivity contribution in [2.45, 2.75) is 38.6 Å². The highest BCUT2D eigenvalue weighted by Crippen LogP contribution is 2.33. The van der Waals surface area contributed by atoms with Gasteiger partial charge < -0.3 is 5.11 Å². The van der Waals surface area contributed by atoms with Crippen molar-refractivity contribution in [3.63, 3.8) is 0 Å². The lowest BCUT2D eigenvalue weighted by Gasteiger charge is -2.08. The number of carbonyl (C=O) groups excluding carboxylic acids is 1. The molecule has 186 valence electrons. The third kappa shape index (κ3) is 5.35. The smallest absolute Gasteiger partial charge is 0.414 e. The summed E-state index contributed by atoms with van der Waals surface area (Å²) < 4.78 is 3.50. The van der Waals surface area contributed by atoms with Crippen LogP contribution in [0.4, 0.5) is 0 Å². The zero-order chi connectivity index (χ0) is 25.8. The molecular formula is C30H29N4O3+. The monoisotopic (exact) mass is 493 g/mol. The van der Waals surface area contributed by atoms with Gasteiger partial charge in [0, 0.05) is 29.3 Å². The van der Waals surface area contributed by atoms with Gasteiger partial charge in [-0.2, -0.15) is 10.5 Å². The number of nitrogens with zero attached hydrogens (tertiary/aromatic N) is 3. The summed E-state index contributed by atoms with van der Waals surface area (Å²) in [5.41, 5.74) is 10.2. The number of hydrogen-bond donors (Lipinski definition) is 2. The SMILES string of the molecule is Cc1cccc(C2=[N+](C(=O)CCCC(=O)O)NC(c3cn(-c4ccccc4)nc3-c3ccccc3)C2)c1. The van der Waals surface area contributed by atoms with E-state index in [1.807, 2.05) is 96.7 Å². The molecule has 2 N–H and O–H groups in total. The van der Waals surface area contributed by atoms with Crippen LogP contribution < -0.4 is 5.43 Å². The third-order valence-corrected chi connectivity index (χ3v) is 6.52. The number of hydrogen-bond acceptors (Lipinski definition) is 4. The maximum Gasteiger partial charge on any atom is 0.414 e. The van der Waals surface area contributed by atoms with E-state index in [0.717, 1.165) is 39.3 Å². The van der Waals surface area contributed by atoms with Gasteiger partial charge in [-0.25, -0.2) is 9.48 Å². The van der Waals surface area contributed by atoms with Gasteiger partial charge in [-0.05, 0) is 42.3 Å². The average molecular weight is 494 g/mol. The number of carbonyl (C=O) groups is 2. The highest BCUT2D eigenvalue weighted by molar-refractivity contribution is 6.00. The molecule has 2 heterocycles. The number of hydrazine groups is 1. The van der Waals surface area contributed by atoms with Crippen molar-refractivity contribution in [1.29, 1.82) is 0 Å². The number of aryl methyl sites for hydroxylation is 1. The predicted molar refractivity (Wildman–Crippen MR) is 142 cm³/mol. The fourth-order valence-electron chi connectivity index (χ4n) is 4.72. The highest BCUT2D eigenvalue weighted by Gasteiger charge is 2.39. The fraction of sp³-hybridized carbons (Fsp3) is 0.200. The minimum atomic E-state index is -0.899. The Morgan fingerprint density at radius 2 is 1.68 bits per heavy atom. The van der Waals surface area contributed by atoms with E-state index in [4.69, 9.17) is 10.2 Å². The Hall–Kier alpha value is -4.52. The lowest BCUT2D eigenvalue weighted by Crippen LogP contribution is -2.34. The Kier molecular flexibility index (Phi) is 6.94. The summed E-state index contributed by atoms with van der Waals surface area (Å²) in [6.07, 6.45) is 3.02. The second-order valence-electron chi connectivity index (χ2n) is 9.26. The number of carboxylic acid groups (broad SMARTS) is 1. The van der Waals surface area contributed by atoms with Crippen LogP contribution in [0.3, 0.4) is 0 Å². The highest BCUT2D eigenvalue weighted by atomic mass is 16.4. The molecule has 1 aliphatic heterocycles. The van der Waals surface area contributed by atoms with Gasteiger partial charge in [-0.15, -0.1) is 0 Å². The third-order valence-electron chi connectivity index (χ3n) is 6.52. The second-order valence-corrected chi connectivity index (χ2v) is 9.26. The van der Waals surface area contributed by atoms with Gasteiger partial charge in [-0.3, -0.25) is 4.79 Å². The topological polar surface area (TPSA) is 87.2 Å². The number of nitrogens with one attached hydrogen (secondary N) is 1. The quantitative estimate of drug-likeness (QED) is 0.334. The van der Waals surface area contributed by atoms with Crippen LogP contribution in [0.1, 0.15) is 48.4 Å². The van der Waals surface area contributed by atoms with E-state index < -0.39 is 5.97 Å². The summed E-state index contributed by atoms with van der Waals surface area (Å²) in [6.45, 7) is 2.03. The first-order valence-electron chi connectivity index (χ1n) is 12.4. The number of amides is 1. The molecule has 0 fully saturated rings. The molecule has 7 heteroatoms. The molecule has 37 heavy (non-hydrogen) atoms. The Balaban J connectivity index is 1.54. The van der Waals surface area contributed by atoms with Crippen LogP contribution >= 0.6 is 0 Å². The Bertz CT molecular complexity index is 1460. The number of carboxylic acids is 1. The normalized spacial score (nSPS) is 15.0. The summed E-state index contributed by atoms with van der Waals surface area (Å²) in [5, 5.41) is 14.0. The number of para-hydroxylation sites is 1. The molecule has 0 saturated heterocycles. The van der Waals surface area contributed by atoms with Gasteiger partial charge in [0.2, 0.25) is 5.71 Å². The second kappa shape index (κ2) is 10.6. The molecule has 0 bridgehead atoms. The van der Waals surface area contributed by atoms with Crippen LogP contribution in [-0.4, -0.2) is 37.2 Å². The zero-order valence-corrected chi connectivity index (χ0v) is 20.7. The summed E-state index contributed by atoms with van der Waals surface area (Å²) in [5.74, 6) is -1.04. The van der Waals surface area contributed by atoms with Crippen LogP contribution in [0.25, 0.3) is 16.9 Å². The van der Waals surface area contributed by atoms with E-state index in [1.165, 1.54) is 0 Å². The first-order valence-corrected chi connectivity index (χ1v) is 12.4. The van der Waals surface area contributed by atoms with Crippen LogP contribution in [0.2, 0.25) is 0 Å². The molecular weight excluding hydrogens is 464 g/mol. The molecule has 1 aliphatic rings. The van der Waals surface area contributed by atoms with Crippen molar-refractivity contribution in [3.05, 3.63) is 108 Å². The standard InChI is InChI=1S/C30H28N4O3/c1-21-10-8-13-23(18-21)27-19-26(31-34(27)28(35)16-9-17-29(36)37)25-20-33(24-14-6-3-7-15-24)32-30(25)22-11-4-2-5-12-22/h2-8,10-15,18,20,26,31H,9,16-17,19H2,1H3/p+1. The minimum Gasteiger partial charge on any atom is -0.481 e. The van der Waals surface area contributed by atoms with Crippen LogP contribution in [0, 0.1) is 6.92 Å². The minimum absolute atomic E-state index is 0.0369. The van der Waals surface area contributed by atoms with E-state index in [-0.39, 0.29) is 24.8 Å². The van der Waals surface area contributed by atoms with Crippen molar-refractivity contribution in [2.75, 3.05) is 0 Å². The van der Waals surface area contributed by atoms with E-state index in [0.29, 0.717) is 12.8 Å². The maximum atomic E-state index is 13.3. The molecule has 1 atom stereocenters. The number of aromatic nitrogens is 2. The molecule has 0 radical (unpaired) electrons. The summed E-state index contributed by atoms with van der Waals surface area (Å²) in [7, 11) is 0. The molecule has 1 aromatic heterocycles. The number of aliphatic carboxylic acids is 1. The van der Waals surface area contributed by atoms with Crippen molar-refractivity contribution < 1.29 is 19.4 Å².